The first-order chi connectivity index (χ1) is 9.22. The van der Waals surface area contributed by atoms with E-state index >= 15 is 0 Å². The molecule has 5 heteroatoms. The van der Waals surface area contributed by atoms with Crippen LogP contribution in [0.2, 0.25) is 0 Å². The van der Waals surface area contributed by atoms with Crippen molar-refractivity contribution >= 4 is 11.6 Å². The van der Waals surface area contributed by atoms with Gasteiger partial charge in [0.2, 0.25) is 0 Å². The third-order valence-electron chi connectivity index (χ3n) is 3.60. The molecule has 0 spiro atoms. The molecule has 1 aromatic rings. The SMILES string of the molecule is CCN(CC)c1cc(NCC2CCCN2)nc(C)n1. The summed E-state index contributed by atoms with van der Waals surface area (Å²) in [6.07, 6.45) is 2.53. The minimum absolute atomic E-state index is 0.576. The highest BCUT2D eigenvalue weighted by molar-refractivity contribution is 5.49. The molecule has 19 heavy (non-hydrogen) atoms. The third kappa shape index (κ3) is 3.80. The molecule has 2 heterocycles. The lowest BCUT2D eigenvalue weighted by molar-refractivity contribution is 0.632. The molecule has 5 nitrogen and oxygen atoms in total. The lowest BCUT2D eigenvalue weighted by Crippen LogP contribution is -2.30. The largest absolute Gasteiger partial charge is 0.368 e. The molecule has 1 aromatic heterocycles. The number of hydrogen-bond acceptors (Lipinski definition) is 5. The molecule has 1 aliphatic heterocycles. The molecule has 1 aliphatic rings. The molecule has 0 saturated carbocycles. The van der Waals surface area contributed by atoms with Gasteiger partial charge in [0.1, 0.15) is 17.5 Å². The van der Waals surface area contributed by atoms with Gasteiger partial charge in [0.05, 0.1) is 0 Å². The van der Waals surface area contributed by atoms with E-state index in [9.17, 15) is 0 Å². The van der Waals surface area contributed by atoms with Crippen LogP contribution in [0.3, 0.4) is 0 Å². The van der Waals surface area contributed by atoms with Gasteiger partial charge in [-0.15, -0.1) is 0 Å². The Balaban J connectivity index is 2.03. The fraction of sp³-hybridized carbons (Fsp3) is 0.714. The van der Waals surface area contributed by atoms with Crippen LogP contribution in [0.1, 0.15) is 32.5 Å². The van der Waals surface area contributed by atoms with Gasteiger partial charge in [-0.1, -0.05) is 0 Å². The van der Waals surface area contributed by atoms with E-state index in [1.165, 1.54) is 12.8 Å². The second-order valence-electron chi connectivity index (χ2n) is 5.01. The van der Waals surface area contributed by atoms with Crippen molar-refractivity contribution in [3.05, 3.63) is 11.9 Å². The zero-order valence-corrected chi connectivity index (χ0v) is 12.2. The highest BCUT2D eigenvalue weighted by Gasteiger charge is 2.14. The molecular weight excluding hydrogens is 238 g/mol. The van der Waals surface area contributed by atoms with Crippen LogP contribution in [-0.2, 0) is 0 Å². The van der Waals surface area contributed by atoms with Gasteiger partial charge in [-0.05, 0) is 40.2 Å². The van der Waals surface area contributed by atoms with Crippen molar-refractivity contribution in [2.24, 2.45) is 0 Å². The van der Waals surface area contributed by atoms with Crippen molar-refractivity contribution in [3.8, 4) is 0 Å². The summed E-state index contributed by atoms with van der Waals surface area (Å²) in [7, 11) is 0. The van der Waals surface area contributed by atoms with Gasteiger partial charge in [-0.25, -0.2) is 9.97 Å². The quantitative estimate of drug-likeness (QED) is 0.819. The maximum absolute atomic E-state index is 4.51. The highest BCUT2D eigenvalue weighted by Crippen LogP contribution is 2.16. The van der Waals surface area contributed by atoms with Crippen LogP contribution < -0.4 is 15.5 Å². The molecule has 1 unspecified atom stereocenters. The van der Waals surface area contributed by atoms with E-state index in [2.05, 4.69) is 45.4 Å². The summed E-state index contributed by atoms with van der Waals surface area (Å²) in [6, 6.07) is 2.63. The number of nitrogens with one attached hydrogen (secondary N) is 2. The predicted octanol–water partition coefficient (Wildman–Crippen LogP) is 1.80. The van der Waals surface area contributed by atoms with Crippen molar-refractivity contribution < 1.29 is 0 Å². The predicted molar refractivity (Wildman–Crippen MR) is 79.8 cm³/mol. The molecule has 1 saturated heterocycles. The van der Waals surface area contributed by atoms with Gasteiger partial charge >= 0.3 is 0 Å². The Morgan fingerprint density at radius 3 is 2.79 bits per heavy atom. The second kappa shape index (κ2) is 6.70. The fourth-order valence-corrected chi connectivity index (χ4v) is 2.51. The standard InChI is InChI=1S/C14H25N5/c1-4-19(5-2)14-9-13(17-11(3)18-14)16-10-12-7-6-8-15-12/h9,12,15H,4-8,10H2,1-3H3,(H,16,17,18). The summed E-state index contributed by atoms with van der Waals surface area (Å²) in [4.78, 5) is 11.2. The number of aromatic nitrogens is 2. The van der Waals surface area contributed by atoms with E-state index in [1.807, 2.05) is 6.92 Å². The molecule has 1 atom stereocenters. The normalized spacial score (nSPS) is 18.6. The highest BCUT2D eigenvalue weighted by atomic mass is 15.2. The lowest BCUT2D eigenvalue weighted by atomic mass is 10.2. The Hall–Kier alpha value is -1.36. The van der Waals surface area contributed by atoms with Gasteiger partial charge in [-0.2, -0.15) is 0 Å². The van der Waals surface area contributed by atoms with Gasteiger partial charge < -0.3 is 15.5 Å². The second-order valence-corrected chi connectivity index (χ2v) is 5.01. The summed E-state index contributed by atoms with van der Waals surface area (Å²) < 4.78 is 0. The average Bonchev–Trinajstić information content (AvgIpc) is 2.90. The van der Waals surface area contributed by atoms with Crippen LogP contribution in [0.4, 0.5) is 11.6 Å². The van der Waals surface area contributed by atoms with E-state index in [1.54, 1.807) is 0 Å². The molecule has 0 aromatic carbocycles. The molecule has 1 fully saturated rings. The van der Waals surface area contributed by atoms with Gasteiger partial charge in [0.15, 0.2) is 0 Å². The van der Waals surface area contributed by atoms with Crippen LogP contribution in [0.15, 0.2) is 6.07 Å². The Morgan fingerprint density at radius 2 is 2.16 bits per heavy atom. The van der Waals surface area contributed by atoms with Crippen LogP contribution in [0, 0.1) is 6.92 Å². The summed E-state index contributed by atoms with van der Waals surface area (Å²) in [5.74, 6) is 2.77. The molecule has 0 radical (unpaired) electrons. The van der Waals surface area contributed by atoms with Crippen molar-refractivity contribution in [2.75, 3.05) is 36.4 Å². The van der Waals surface area contributed by atoms with E-state index in [0.29, 0.717) is 6.04 Å². The molecule has 2 rings (SSSR count). The van der Waals surface area contributed by atoms with Gasteiger partial charge in [-0.3, -0.25) is 0 Å². The Kier molecular flexibility index (Phi) is 4.96. The summed E-state index contributed by atoms with van der Waals surface area (Å²) in [5, 5.41) is 6.92. The van der Waals surface area contributed by atoms with Crippen molar-refractivity contribution in [3.63, 3.8) is 0 Å². The van der Waals surface area contributed by atoms with E-state index in [4.69, 9.17) is 0 Å². The number of aryl methyl sites for hydroxylation is 1. The van der Waals surface area contributed by atoms with Crippen LogP contribution >= 0.6 is 0 Å². The third-order valence-corrected chi connectivity index (χ3v) is 3.60. The summed E-state index contributed by atoms with van der Waals surface area (Å²) in [6.45, 7) is 10.3. The van der Waals surface area contributed by atoms with Crippen LogP contribution in [-0.4, -0.2) is 42.2 Å². The number of rotatable bonds is 6. The van der Waals surface area contributed by atoms with Crippen molar-refractivity contribution in [1.82, 2.24) is 15.3 Å². The lowest BCUT2D eigenvalue weighted by Gasteiger charge is -2.21. The maximum Gasteiger partial charge on any atom is 0.134 e. The van der Waals surface area contributed by atoms with E-state index in [0.717, 1.165) is 43.6 Å². The Morgan fingerprint density at radius 1 is 1.37 bits per heavy atom. The maximum atomic E-state index is 4.51. The molecular formula is C14H25N5. The number of nitrogens with zero attached hydrogens (tertiary/aromatic N) is 3. The molecule has 0 aliphatic carbocycles. The smallest absolute Gasteiger partial charge is 0.134 e. The molecule has 2 N–H and O–H groups in total. The van der Waals surface area contributed by atoms with Crippen molar-refractivity contribution in [2.45, 2.75) is 39.7 Å². The van der Waals surface area contributed by atoms with Gasteiger partial charge in [0.25, 0.3) is 0 Å². The van der Waals surface area contributed by atoms with Crippen LogP contribution in [0.25, 0.3) is 0 Å². The van der Waals surface area contributed by atoms with Gasteiger partial charge in [0, 0.05) is 31.7 Å². The Labute approximate surface area is 115 Å². The average molecular weight is 263 g/mol. The molecule has 0 bridgehead atoms. The number of anilines is 2. The van der Waals surface area contributed by atoms with Crippen LogP contribution in [0.5, 0.6) is 0 Å². The van der Waals surface area contributed by atoms with E-state index in [-0.39, 0.29) is 0 Å². The first-order valence-electron chi connectivity index (χ1n) is 7.30. The zero-order chi connectivity index (χ0) is 13.7. The topological polar surface area (TPSA) is 53.1 Å². The number of hydrogen-bond donors (Lipinski definition) is 2. The minimum atomic E-state index is 0.576. The van der Waals surface area contributed by atoms with E-state index < -0.39 is 0 Å². The monoisotopic (exact) mass is 263 g/mol. The zero-order valence-electron chi connectivity index (χ0n) is 12.2. The first kappa shape index (κ1) is 14.1. The Bertz CT molecular complexity index is 397. The summed E-state index contributed by atoms with van der Waals surface area (Å²) >= 11 is 0. The van der Waals surface area contributed by atoms with Crippen molar-refractivity contribution in [1.29, 1.82) is 0 Å². The fourth-order valence-electron chi connectivity index (χ4n) is 2.51. The first-order valence-corrected chi connectivity index (χ1v) is 7.30. The molecule has 0 amide bonds. The minimum Gasteiger partial charge on any atom is -0.368 e. The molecule has 106 valence electrons. The summed E-state index contributed by atoms with van der Waals surface area (Å²) in [5.41, 5.74) is 0.